The summed E-state index contributed by atoms with van der Waals surface area (Å²) in [5, 5.41) is 30.4. The number of halogens is 3. The second kappa shape index (κ2) is 6.56. The molecule has 0 saturated carbocycles. The molecule has 1 heterocycles. The van der Waals surface area contributed by atoms with E-state index in [-0.39, 0.29) is 22.8 Å². The average Bonchev–Trinajstić information content (AvgIpc) is 2.98. The van der Waals surface area contributed by atoms with Crippen molar-refractivity contribution in [3.8, 4) is 0 Å². The van der Waals surface area contributed by atoms with Gasteiger partial charge < -0.3 is 9.84 Å². The number of para-hydroxylation sites is 1. The van der Waals surface area contributed by atoms with Gasteiger partial charge in [0.2, 0.25) is 5.69 Å². The summed E-state index contributed by atoms with van der Waals surface area (Å²) in [6, 6.07) is 12.4. The van der Waals surface area contributed by atoms with Gasteiger partial charge in [0, 0.05) is 24.3 Å². The fraction of sp³-hybridized carbons (Fsp3) is 0.0588. The Labute approximate surface area is 149 Å². The van der Waals surface area contributed by atoms with Crippen molar-refractivity contribution >= 4 is 23.2 Å². The van der Waals surface area contributed by atoms with Crippen LogP contribution in [0.2, 0.25) is 0 Å². The van der Waals surface area contributed by atoms with Gasteiger partial charge in [-0.25, -0.2) is 0 Å². The zero-order valence-electron chi connectivity index (χ0n) is 13.4. The molecule has 138 valence electrons. The van der Waals surface area contributed by atoms with Crippen LogP contribution in [0.15, 0.2) is 66.1 Å². The molecule has 10 heteroatoms. The first-order chi connectivity index (χ1) is 12.7. The van der Waals surface area contributed by atoms with Crippen molar-refractivity contribution in [3.63, 3.8) is 0 Å². The highest BCUT2D eigenvalue weighted by molar-refractivity contribution is 6.08. The monoisotopic (exact) mass is 377 g/mol. The summed E-state index contributed by atoms with van der Waals surface area (Å²) in [5.41, 5.74) is -0.879. The molecule has 2 aromatic carbocycles. The second-order valence-electron chi connectivity index (χ2n) is 5.39. The first-order valence-corrected chi connectivity index (χ1v) is 7.42. The van der Waals surface area contributed by atoms with Gasteiger partial charge in [-0.15, -0.1) is 4.58 Å². The minimum absolute atomic E-state index is 0.166. The number of nitrogens with one attached hydrogen (secondary N) is 1. The van der Waals surface area contributed by atoms with E-state index in [9.17, 15) is 28.4 Å². The number of nitro groups is 1. The molecule has 2 aromatic rings. The lowest BCUT2D eigenvalue weighted by molar-refractivity contribution is -0.417. The van der Waals surface area contributed by atoms with Gasteiger partial charge in [0.25, 0.3) is 17.3 Å². The van der Waals surface area contributed by atoms with Crippen LogP contribution in [-0.4, -0.2) is 27.5 Å². The Morgan fingerprint density at radius 1 is 1.07 bits per heavy atom. The van der Waals surface area contributed by atoms with E-state index >= 15 is 0 Å². The van der Waals surface area contributed by atoms with Gasteiger partial charge in [-0.2, -0.15) is 13.2 Å². The minimum Gasteiger partial charge on any atom is -0.865 e. The number of benzene rings is 2. The summed E-state index contributed by atoms with van der Waals surface area (Å²) in [6.45, 7) is 0. The van der Waals surface area contributed by atoms with E-state index in [1.165, 1.54) is 24.3 Å². The smallest absolute Gasteiger partial charge is 0.409 e. The van der Waals surface area contributed by atoms with Crippen LogP contribution in [0.5, 0.6) is 0 Å². The van der Waals surface area contributed by atoms with E-state index in [0.717, 1.165) is 16.7 Å². The van der Waals surface area contributed by atoms with Crippen LogP contribution in [-0.2, 0) is 4.74 Å². The molecule has 0 bridgehead atoms. The van der Waals surface area contributed by atoms with E-state index in [0.29, 0.717) is 0 Å². The lowest BCUT2D eigenvalue weighted by atomic mass is 10.2. The lowest BCUT2D eigenvalue weighted by Gasteiger charge is -2.15. The van der Waals surface area contributed by atoms with Crippen molar-refractivity contribution in [2.45, 2.75) is 6.18 Å². The van der Waals surface area contributed by atoms with Crippen LogP contribution in [0.3, 0.4) is 0 Å². The van der Waals surface area contributed by atoms with E-state index in [2.05, 4.69) is 0 Å². The molecule has 1 aliphatic rings. The highest BCUT2D eigenvalue weighted by Crippen LogP contribution is 2.32. The minimum atomic E-state index is -5.21. The average molecular weight is 377 g/mol. The van der Waals surface area contributed by atoms with Crippen molar-refractivity contribution in [1.82, 2.24) is 0 Å². The molecule has 3 rings (SSSR count). The second-order valence-corrected chi connectivity index (χ2v) is 5.39. The molecule has 0 radical (unpaired) electrons. The van der Waals surface area contributed by atoms with Crippen LogP contribution < -0.4 is 5.11 Å². The zero-order chi connectivity index (χ0) is 19.8. The van der Waals surface area contributed by atoms with Crippen LogP contribution >= 0.6 is 0 Å². The number of hydrogen-bond donors (Lipinski definition) is 1. The van der Waals surface area contributed by atoms with Crippen molar-refractivity contribution in [3.05, 3.63) is 81.7 Å². The topological polar surface area (TPSA) is 102 Å². The molecule has 0 unspecified atom stereocenters. The molecule has 1 N–H and O–H groups in total. The number of hydrogen-bond acceptors (Lipinski definition) is 5. The Kier molecular flexibility index (Phi) is 4.40. The number of ether oxygens (including phenoxy) is 1. The quantitative estimate of drug-likeness (QED) is 0.385. The Balaban J connectivity index is 2.27. The molecule has 0 aliphatic carbocycles. The summed E-state index contributed by atoms with van der Waals surface area (Å²) in [7, 11) is 0. The maximum absolute atomic E-state index is 13.0. The Bertz CT molecular complexity index is 981. The summed E-state index contributed by atoms with van der Waals surface area (Å²) >= 11 is 0. The SMILES string of the molecule is N=C1OC(c2ccc([N+](=O)[O-])cc2)=[N+](c2ccccc2)/C1=C(\[O-])C(F)(F)F. The summed E-state index contributed by atoms with van der Waals surface area (Å²) in [4.78, 5) is 10.1. The summed E-state index contributed by atoms with van der Waals surface area (Å²) in [6.07, 6.45) is -5.21. The third-order valence-corrected chi connectivity index (χ3v) is 3.65. The number of rotatable bonds is 3. The Morgan fingerprint density at radius 2 is 1.67 bits per heavy atom. The predicted molar refractivity (Wildman–Crippen MR) is 85.5 cm³/mol. The molecule has 0 saturated heterocycles. The van der Waals surface area contributed by atoms with Gasteiger partial charge in [-0.05, 0) is 12.1 Å². The Hall–Kier alpha value is -3.69. The van der Waals surface area contributed by atoms with Crippen LogP contribution in [0.25, 0.3) is 0 Å². The van der Waals surface area contributed by atoms with Crippen LogP contribution in [0, 0.1) is 15.5 Å². The maximum atomic E-state index is 13.0. The van der Waals surface area contributed by atoms with E-state index < -0.39 is 28.5 Å². The number of non-ortho nitro benzene ring substituents is 1. The van der Waals surface area contributed by atoms with Crippen molar-refractivity contribution < 1.29 is 32.5 Å². The summed E-state index contributed by atoms with van der Waals surface area (Å²) < 4.78 is 45.0. The molecule has 0 aromatic heterocycles. The molecule has 7 nitrogen and oxygen atoms in total. The van der Waals surface area contributed by atoms with Gasteiger partial charge >= 0.3 is 12.1 Å². The molecule has 27 heavy (non-hydrogen) atoms. The van der Waals surface area contributed by atoms with E-state index in [1.54, 1.807) is 18.2 Å². The van der Waals surface area contributed by atoms with Crippen molar-refractivity contribution in [2.24, 2.45) is 0 Å². The highest BCUT2D eigenvalue weighted by atomic mass is 19.4. The van der Waals surface area contributed by atoms with Crippen molar-refractivity contribution in [2.75, 3.05) is 0 Å². The van der Waals surface area contributed by atoms with Gasteiger partial charge in [0.05, 0.1) is 16.2 Å². The van der Waals surface area contributed by atoms with Gasteiger partial charge in [-0.1, -0.05) is 18.2 Å². The van der Waals surface area contributed by atoms with Gasteiger partial charge in [0.15, 0.2) is 0 Å². The predicted octanol–water partition coefficient (Wildman–Crippen LogP) is 2.83. The van der Waals surface area contributed by atoms with E-state index in [4.69, 9.17) is 10.1 Å². The van der Waals surface area contributed by atoms with Crippen LogP contribution in [0.1, 0.15) is 5.56 Å². The molecular weight excluding hydrogens is 367 g/mol. The number of allylic oxidation sites excluding steroid dienone is 1. The first kappa shape index (κ1) is 18.1. The molecule has 0 amide bonds. The number of nitrogens with zero attached hydrogens (tertiary/aromatic N) is 2. The number of nitro benzene ring substituents is 1. The highest BCUT2D eigenvalue weighted by Gasteiger charge is 2.44. The Morgan fingerprint density at radius 3 is 2.19 bits per heavy atom. The van der Waals surface area contributed by atoms with Gasteiger partial charge in [0.1, 0.15) is 0 Å². The molecule has 1 aliphatic heterocycles. The largest absolute Gasteiger partial charge is 0.865 e. The van der Waals surface area contributed by atoms with Crippen LogP contribution in [0.4, 0.5) is 24.5 Å². The fourth-order valence-corrected chi connectivity index (χ4v) is 2.47. The normalized spacial score (nSPS) is 16.3. The lowest BCUT2D eigenvalue weighted by Crippen LogP contribution is -2.29. The van der Waals surface area contributed by atoms with Gasteiger partial charge in [-0.3, -0.25) is 15.5 Å². The number of alkyl halides is 3. The third kappa shape index (κ3) is 3.36. The third-order valence-electron chi connectivity index (χ3n) is 3.65. The maximum Gasteiger partial charge on any atom is 0.409 e. The molecular formula is C17H10F3N3O4. The summed E-state index contributed by atoms with van der Waals surface area (Å²) in [5.74, 6) is -3.42. The van der Waals surface area contributed by atoms with Crippen molar-refractivity contribution in [1.29, 1.82) is 5.41 Å². The molecule has 0 atom stereocenters. The molecule has 0 fully saturated rings. The zero-order valence-corrected chi connectivity index (χ0v) is 13.4. The molecule has 0 spiro atoms. The van der Waals surface area contributed by atoms with E-state index in [1.807, 2.05) is 0 Å². The fourth-order valence-electron chi connectivity index (χ4n) is 2.47. The first-order valence-electron chi connectivity index (χ1n) is 7.42. The standard InChI is InChI=1S/C17H10F3N3O4/c18-17(19,20)14(24)13-15(21)27-16(22(13)11-4-2-1-3-5-11)10-6-8-12(9-7-10)23(25)26/h1-9H,(H-,21,24).